The SMILES string of the molecule is CC(O)CC(=O)SCCNC(=O)CCNC(=O)[C@H](O)C(C)(C)COP(=O)(O)OP(=O)(O)OC[C@H]1O[C@H](n2cnc3c(N)ncnc32)[C@H](O)[C@@H]1OP(=O)(O)O. The van der Waals surface area contributed by atoms with Crippen molar-refractivity contribution in [2.45, 2.75) is 70.4 Å². The lowest BCUT2D eigenvalue weighted by atomic mass is 9.87. The van der Waals surface area contributed by atoms with Crippen molar-refractivity contribution in [3.63, 3.8) is 0 Å². The second-order valence-corrected chi connectivity index (χ2v) is 17.7. The Morgan fingerprint density at radius 3 is 2.37 bits per heavy atom. The predicted octanol–water partition coefficient (Wildman–Crippen LogP) is -1.56. The number of thioether (sulfide) groups is 1. The lowest BCUT2D eigenvalue weighted by Crippen LogP contribution is -2.46. The monoisotopic (exact) mass is 853 g/mol. The molecule has 11 N–H and O–H groups in total. The summed E-state index contributed by atoms with van der Waals surface area (Å²) in [6, 6.07) is 0. The van der Waals surface area contributed by atoms with Gasteiger partial charge in [-0.05, 0) is 6.92 Å². The van der Waals surface area contributed by atoms with Gasteiger partial charge in [-0.3, -0.25) is 32.5 Å². The van der Waals surface area contributed by atoms with E-state index in [0.29, 0.717) is 0 Å². The van der Waals surface area contributed by atoms with Gasteiger partial charge in [-0.2, -0.15) is 4.31 Å². The molecule has 1 fully saturated rings. The predicted molar refractivity (Wildman–Crippen MR) is 183 cm³/mol. The van der Waals surface area contributed by atoms with Gasteiger partial charge in [-0.25, -0.2) is 28.6 Å². The molecule has 29 heteroatoms. The third kappa shape index (κ3) is 13.9. The minimum absolute atomic E-state index is 0.0259. The molecule has 0 spiro atoms. The number of aliphatic hydroxyl groups is 3. The topological polar surface area (TPSA) is 384 Å². The molecule has 8 atom stereocenters. The van der Waals surface area contributed by atoms with Gasteiger partial charge in [-0.15, -0.1) is 0 Å². The summed E-state index contributed by atoms with van der Waals surface area (Å²) in [6.07, 6.45) is -7.79. The molecule has 0 saturated carbocycles. The molecule has 2 aromatic rings. The first-order valence-electron chi connectivity index (χ1n) is 15.6. The number of rotatable bonds is 21. The van der Waals surface area contributed by atoms with Crippen LogP contribution >= 0.6 is 35.2 Å². The van der Waals surface area contributed by atoms with E-state index in [-0.39, 0.29) is 53.8 Å². The van der Waals surface area contributed by atoms with Crippen molar-refractivity contribution in [2.24, 2.45) is 5.41 Å². The molecule has 306 valence electrons. The van der Waals surface area contributed by atoms with E-state index < -0.39 is 90.7 Å². The number of nitrogen functional groups attached to an aromatic ring is 1. The number of nitrogens with one attached hydrogen (secondary N) is 2. The summed E-state index contributed by atoms with van der Waals surface area (Å²) >= 11 is 0.939. The van der Waals surface area contributed by atoms with Gasteiger partial charge in [0.2, 0.25) is 11.8 Å². The number of anilines is 1. The van der Waals surface area contributed by atoms with Crippen molar-refractivity contribution in [1.82, 2.24) is 30.2 Å². The second-order valence-electron chi connectivity index (χ2n) is 12.3. The Morgan fingerprint density at radius 1 is 1.06 bits per heavy atom. The minimum Gasteiger partial charge on any atom is -0.393 e. The van der Waals surface area contributed by atoms with E-state index in [0.717, 1.165) is 29.0 Å². The van der Waals surface area contributed by atoms with Crippen LogP contribution in [0.5, 0.6) is 0 Å². The number of hydrogen-bond donors (Lipinski definition) is 10. The Hall–Kier alpha value is -2.48. The fourth-order valence-electron chi connectivity index (χ4n) is 4.60. The quantitative estimate of drug-likeness (QED) is 0.0501. The molecule has 3 heterocycles. The van der Waals surface area contributed by atoms with E-state index in [1.807, 2.05) is 0 Å². The first-order valence-corrected chi connectivity index (χ1v) is 21.1. The number of nitrogens with zero attached hydrogens (tertiary/aromatic N) is 4. The van der Waals surface area contributed by atoms with Crippen LogP contribution in [-0.4, -0.2) is 134 Å². The van der Waals surface area contributed by atoms with E-state index in [9.17, 15) is 63.0 Å². The largest absolute Gasteiger partial charge is 0.481 e. The maximum absolute atomic E-state index is 12.6. The van der Waals surface area contributed by atoms with Crippen LogP contribution in [0.4, 0.5) is 5.82 Å². The van der Waals surface area contributed by atoms with Gasteiger partial charge in [0, 0.05) is 37.1 Å². The molecular weight excluding hydrogens is 811 g/mol. The number of ether oxygens (including phenoxy) is 1. The highest BCUT2D eigenvalue weighted by molar-refractivity contribution is 8.13. The number of phosphoric acid groups is 3. The zero-order valence-electron chi connectivity index (χ0n) is 28.8. The molecule has 2 amide bonds. The number of aliphatic hydroxyl groups excluding tert-OH is 3. The normalized spacial score (nSPS) is 22.6. The lowest BCUT2D eigenvalue weighted by molar-refractivity contribution is -0.137. The first kappa shape index (κ1) is 45.9. The molecule has 54 heavy (non-hydrogen) atoms. The van der Waals surface area contributed by atoms with Crippen LogP contribution in [0, 0.1) is 5.41 Å². The number of nitrogens with two attached hydrogens (primary N) is 1. The van der Waals surface area contributed by atoms with Gasteiger partial charge in [0.05, 0.1) is 25.6 Å². The fourth-order valence-corrected chi connectivity index (χ4v) is 8.22. The van der Waals surface area contributed by atoms with Crippen LogP contribution in [0.3, 0.4) is 0 Å². The minimum atomic E-state index is -5.57. The van der Waals surface area contributed by atoms with E-state index in [4.69, 9.17) is 19.5 Å². The lowest BCUT2D eigenvalue weighted by Gasteiger charge is -2.30. The van der Waals surface area contributed by atoms with E-state index >= 15 is 0 Å². The fraction of sp³-hybridized carbons (Fsp3) is 0.680. The van der Waals surface area contributed by atoms with Crippen molar-refractivity contribution in [1.29, 1.82) is 0 Å². The Balaban J connectivity index is 1.51. The molecule has 0 radical (unpaired) electrons. The summed E-state index contributed by atoms with van der Waals surface area (Å²) in [5, 5.41) is 35.2. The third-order valence-electron chi connectivity index (χ3n) is 7.23. The van der Waals surface area contributed by atoms with Crippen LogP contribution in [0.1, 0.15) is 39.8 Å². The molecule has 0 aromatic carbocycles. The van der Waals surface area contributed by atoms with Crippen molar-refractivity contribution < 1.29 is 85.6 Å². The number of aromatic nitrogens is 4. The first-order chi connectivity index (χ1) is 24.9. The Morgan fingerprint density at radius 2 is 1.72 bits per heavy atom. The average Bonchev–Trinajstić information content (AvgIpc) is 3.60. The Bertz CT molecular complexity index is 1780. The standard InChI is InChI=1S/C25H42N7O18P3S/c1-13(33)8-16(35)54-7-6-27-15(34)4-5-28-23(38)20(37)25(2,3)10-47-53(44,45)50-52(42,43)46-9-14-19(49-51(39,40)41)18(36)24(48-14)32-12-31-17-21(26)29-11-30-22(17)32/h11-14,18-20,24,33,36-37H,4-10H2,1-3H3,(H,27,34)(H,28,38)(H,42,43)(H,44,45)(H2,26,29,30)(H2,39,40,41)/t13?,14-,18-,19-,20+,24+/m1/s1. The number of phosphoric ester groups is 3. The summed E-state index contributed by atoms with van der Waals surface area (Å²) in [5.41, 5.74) is 4.23. The van der Waals surface area contributed by atoms with Gasteiger partial charge >= 0.3 is 23.5 Å². The van der Waals surface area contributed by atoms with E-state index in [1.54, 1.807) is 0 Å². The Labute approximate surface area is 310 Å². The van der Waals surface area contributed by atoms with E-state index in [2.05, 4.69) is 34.4 Å². The molecule has 3 rings (SSSR count). The number of fused-ring (bicyclic) bond motifs is 1. The maximum atomic E-state index is 12.6. The molecule has 0 aliphatic carbocycles. The van der Waals surface area contributed by atoms with Gasteiger partial charge in [0.15, 0.2) is 22.8 Å². The van der Waals surface area contributed by atoms with Crippen molar-refractivity contribution >= 4 is 69.1 Å². The van der Waals surface area contributed by atoms with Gasteiger partial charge < -0.3 is 56.0 Å². The van der Waals surface area contributed by atoms with Crippen molar-refractivity contribution in [3.8, 4) is 0 Å². The third-order valence-corrected chi connectivity index (χ3v) is 11.2. The number of carbonyl (C=O) groups excluding carboxylic acids is 3. The molecule has 3 unspecified atom stereocenters. The van der Waals surface area contributed by atoms with Gasteiger partial charge in [0.25, 0.3) is 0 Å². The Kier molecular flexibility index (Phi) is 16.2. The molecular formula is C25H42N7O18P3S. The van der Waals surface area contributed by atoms with E-state index in [1.165, 1.54) is 20.8 Å². The number of amides is 2. The molecule has 25 nitrogen and oxygen atoms in total. The highest BCUT2D eigenvalue weighted by atomic mass is 32.2. The summed E-state index contributed by atoms with van der Waals surface area (Å²) in [5.74, 6) is -1.25. The highest BCUT2D eigenvalue weighted by Gasteiger charge is 2.50. The number of carbonyl (C=O) groups is 3. The van der Waals surface area contributed by atoms with Crippen LogP contribution < -0.4 is 16.4 Å². The van der Waals surface area contributed by atoms with Gasteiger partial charge in [0.1, 0.15) is 36.3 Å². The van der Waals surface area contributed by atoms with Crippen LogP contribution in [-0.2, 0) is 50.7 Å². The molecule has 2 aromatic heterocycles. The zero-order chi connectivity index (χ0) is 40.6. The molecule has 1 aliphatic rings. The average molecular weight is 854 g/mol. The van der Waals surface area contributed by atoms with Crippen molar-refractivity contribution in [3.05, 3.63) is 12.7 Å². The number of hydrogen-bond acceptors (Lipinski definition) is 19. The van der Waals surface area contributed by atoms with Crippen LogP contribution in [0.2, 0.25) is 0 Å². The smallest absolute Gasteiger partial charge is 0.393 e. The molecule has 0 bridgehead atoms. The highest BCUT2D eigenvalue weighted by Crippen LogP contribution is 2.61. The summed E-state index contributed by atoms with van der Waals surface area (Å²) in [6.45, 7) is 1.83. The van der Waals surface area contributed by atoms with Gasteiger partial charge in [-0.1, -0.05) is 25.6 Å². The number of imidazole rings is 1. The molecule has 1 aliphatic heterocycles. The second kappa shape index (κ2) is 19.1. The van der Waals surface area contributed by atoms with Crippen molar-refractivity contribution in [2.75, 3.05) is 37.8 Å². The summed E-state index contributed by atoms with van der Waals surface area (Å²) in [4.78, 5) is 86.9. The summed E-state index contributed by atoms with van der Waals surface area (Å²) < 4.78 is 61.9. The molecule has 1 saturated heterocycles. The summed E-state index contributed by atoms with van der Waals surface area (Å²) in [7, 11) is -16.4. The van der Waals surface area contributed by atoms with Crippen LogP contribution in [0.25, 0.3) is 11.2 Å². The van der Waals surface area contributed by atoms with Crippen LogP contribution in [0.15, 0.2) is 12.7 Å². The zero-order valence-corrected chi connectivity index (χ0v) is 32.3. The maximum Gasteiger partial charge on any atom is 0.481 e.